The quantitative estimate of drug-likeness (QED) is 0.796. The van der Waals surface area contributed by atoms with E-state index in [-0.39, 0.29) is 5.54 Å². The molecule has 4 nitrogen and oxygen atoms in total. The molecule has 0 saturated carbocycles. The van der Waals surface area contributed by atoms with Crippen molar-refractivity contribution in [2.75, 3.05) is 40.0 Å². The summed E-state index contributed by atoms with van der Waals surface area (Å²) in [6.07, 6.45) is 6.15. The standard InChI is InChI=1S/C19H28Cl2N2O2/c1-24-18-15(11-16(20)12-17(18)21)13-22-14-19(5-9-25-10-6-19)23-7-3-2-4-8-23/h11-12,22H,2-10,13-14H2,1H3. The minimum absolute atomic E-state index is 0.203. The third-order valence-electron chi connectivity index (χ3n) is 5.51. The van der Waals surface area contributed by atoms with Crippen molar-refractivity contribution in [3.05, 3.63) is 27.7 Å². The van der Waals surface area contributed by atoms with Gasteiger partial charge in [0.05, 0.1) is 12.1 Å². The second kappa shape index (κ2) is 8.92. The lowest BCUT2D eigenvalue weighted by Gasteiger charge is -2.48. The van der Waals surface area contributed by atoms with Crippen LogP contribution in [0.5, 0.6) is 5.75 Å². The molecule has 0 radical (unpaired) electrons. The van der Waals surface area contributed by atoms with Crippen molar-refractivity contribution in [1.29, 1.82) is 0 Å². The Kier molecular flexibility index (Phi) is 6.86. The van der Waals surface area contributed by atoms with Gasteiger partial charge in [0, 0.05) is 42.4 Å². The van der Waals surface area contributed by atoms with Crippen molar-refractivity contribution in [3.63, 3.8) is 0 Å². The summed E-state index contributed by atoms with van der Waals surface area (Å²) in [6.45, 7) is 5.75. The number of nitrogens with zero attached hydrogens (tertiary/aromatic N) is 1. The first-order chi connectivity index (χ1) is 12.1. The number of methoxy groups -OCH3 is 1. The Labute approximate surface area is 160 Å². The van der Waals surface area contributed by atoms with Crippen LogP contribution in [0.25, 0.3) is 0 Å². The summed E-state index contributed by atoms with van der Waals surface area (Å²) in [5.74, 6) is 0.706. The summed E-state index contributed by atoms with van der Waals surface area (Å²) in [4.78, 5) is 2.69. The Morgan fingerprint density at radius 3 is 2.56 bits per heavy atom. The van der Waals surface area contributed by atoms with Crippen molar-refractivity contribution in [3.8, 4) is 5.75 Å². The van der Waals surface area contributed by atoms with Crippen LogP contribution < -0.4 is 10.1 Å². The maximum atomic E-state index is 6.25. The molecule has 140 valence electrons. The van der Waals surface area contributed by atoms with Crippen molar-refractivity contribution in [2.45, 2.75) is 44.2 Å². The number of benzene rings is 1. The molecule has 2 fully saturated rings. The molecule has 0 atom stereocenters. The van der Waals surface area contributed by atoms with Crippen molar-refractivity contribution < 1.29 is 9.47 Å². The molecule has 6 heteroatoms. The van der Waals surface area contributed by atoms with Gasteiger partial charge in [-0.2, -0.15) is 0 Å². The molecule has 0 aliphatic carbocycles. The molecule has 0 amide bonds. The molecule has 3 rings (SSSR count). The van der Waals surface area contributed by atoms with Gasteiger partial charge in [-0.3, -0.25) is 4.90 Å². The molecule has 0 bridgehead atoms. The number of ether oxygens (including phenoxy) is 2. The number of hydrogen-bond donors (Lipinski definition) is 1. The lowest BCUT2D eigenvalue weighted by molar-refractivity contribution is -0.0358. The zero-order chi connectivity index (χ0) is 17.7. The Morgan fingerprint density at radius 1 is 1.16 bits per heavy atom. The van der Waals surface area contributed by atoms with Gasteiger partial charge in [0.2, 0.25) is 0 Å². The summed E-state index contributed by atoms with van der Waals surface area (Å²) in [6, 6.07) is 3.65. The van der Waals surface area contributed by atoms with Gasteiger partial charge in [0.15, 0.2) is 0 Å². The molecule has 2 saturated heterocycles. The number of likely N-dealkylation sites (tertiary alicyclic amines) is 1. The molecule has 0 aromatic heterocycles. The molecule has 0 unspecified atom stereocenters. The summed E-state index contributed by atoms with van der Waals surface area (Å²) < 4.78 is 11.1. The molecule has 2 aliphatic heterocycles. The van der Waals surface area contributed by atoms with Crippen LogP contribution >= 0.6 is 23.2 Å². The van der Waals surface area contributed by atoms with Crippen molar-refractivity contribution in [2.24, 2.45) is 0 Å². The van der Waals surface area contributed by atoms with Gasteiger partial charge in [-0.05, 0) is 50.9 Å². The highest BCUT2D eigenvalue weighted by Gasteiger charge is 2.38. The van der Waals surface area contributed by atoms with Gasteiger partial charge in [0.25, 0.3) is 0 Å². The second-order valence-corrected chi connectivity index (χ2v) is 7.91. The molecular formula is C19H28Cl2N2O2. The van der Waals surface area contributed by atoms with E-state index >= 15 is 0 Å². The summed E-state index contributed by atoms with van der Waals surface area (Å²) in [7, 11) is 1.65. The summed E-state index contributed by atoms with van der Waals surface area (Å²) in [5, 5.41) is 4.84. The monoisotopic (exact) mass is 386 g/mol. The van der Waals surface area contributed by atoms with E-state index < -0.39 is 0 Å². The van der Waals surface area contributed by atoms with E-state index in [1.807, 2.05) is 6.07 Å². The van der Waals surface area contributed by atoms with Crippen LogP contribution in [0.15, 0.2) is 12.1 Å². The number of rotatable bonds is 6. The van der Waals surface area contributed by atoms with E-state index in [9.17, 15) is 0 Å². The third-order valence-corrected chi connectivity index (χ3v) is 6.01. The zero-order valence-electron chi connectivity index (χ0n) is 15.0. The van der Waals surface area contributed by atoms with Crippen LogP contribution in [-0.2, 0) is 11.3 Å². The first-order valence-corrected chi connectivity index (χ1v) is 9.96. The maximum absolute atomic E-state index is 6.25. The van der Waals surface area contributed by atoms with Crippen molar-refractivity contribution in [1.82, 2.24) is 10.2 Å². The Balaban J connectivity index is 1.68. The predicted octanol–water partition coefficient (Wildman–Crippen LogP) is 4.13. The Hall–Kier alpha value is -0.520. The Morgan fingerprint density at radius 2 is 1.88 bits per heavy atom. The molecule has 1 aromatic carbocycles. The largest absolute Gasteiger partial charge is 0.495 e. The summed E-state index contributed by atoms with van der Waals surface area (Å²) in [5.41, 5.74) is 1.20. The minimum atomic E-state index is 0.203. The molecule has 25 heavy (non-hydrogen) atoms. The van der Waals surface area contributed by atoms with E-state index in [2.05, 4.69) is 10.2 Å². The van der Waals surface area contributed by atoms with Crippen LogP contribution in [0.1, 0.15) is 37.7 Å². The van der Waals surface area contributed by atoms with Crippen LogP contribution in [0.4, 0.5) is 0 Å². The van der Waals surface area contributed by atoms with Crippen molar-refractivity contribution >= 4 is 23.2 Å². The normalized spacial score (nSPS) is 21.2. The molecule has 1 aromatic rings. The number of nitrogens with one attached hydrogen (secondary N) is 1. The highest BCUT2D eigenvalue weighted by Crippen LogP contribution is 2.33. The zero-order valence-corrected chi connectivity index (χ0v) is 16.5. The van der Waals surface area contributed by atoms with E-state index in [0.29, 0.717) is 22.3 Å². The fourth-order valence-electron chi connectivity index (χ4n) is 4.13. The van der Waals surface area contributed by atoms with Gasteiger partial charge >= 0.3 is 0 Å². The topological polar surface area (TPSA) is 33.7 Å². The molecule has 2 heterocycles. The van der Waals surface area contributed by atoms with E-state index in [1.165, 1.54) is 32.4 Å². The number of hydrogen-bond acceptors (Lipinski definition) is 4. The highest BCUT2D eigenvalue weighted by atomic mass is 35.5. The van der Waals surface area contributed by atoms with Gasteiger partial charge in [0.1, 0.15) is 5.75 Å². The molecule has 1 N–H and O–H groups in total. The highest BCUT2D eigenvalue weighted by molar-refractivity contribution is 6.35. The average Bonchev–Trinajstić information content (AvgIpc) is 2.63. The average molecular weight is 387 g/mol. The van der Waals surface area contributed by atoms with Gasteiger partial charge in [-0.1, -0.05) is 29.6 Å². The SMILES string of the molecule is COc1c(Cl)cc(Cl)cc1CNCC1(N2CCCCC2)CCOCC1. The number of piperidine rings is 1. The second-order valence-electron chi connectivity index (χ2n) is 7.07. The van der Waals surface area contributed by atoms with E-state index in [1.54, 1.807) is 13.2 Å². The molecular weight excluding hydrogens is 359 g/mol. The lowest BCUT2D eigenvalue weighted by Crippen LogP contribution is -2.59. The first-order valence-electron chi connectivity index (χ1n) is 9.20. The number of halogens is 2. The van der Waals surface area contributed by atoms with E-state index in [4.69, 9.17) is 32.7 Å². The fourth-order valence-corrected chi connectivity index (χ4v) is 4.74. The Bertz CT molecular complexity index is 571. The third kappa shape index (κ3) is 4.61. The van der Waals surface area contributed by atoms with E-state index in [0.717, 1.165) is 38.2 Å². The van der Waals surface area contributed by atoms with Crippen LogP contribution in [-0.4, -0.2) is 50.4 Å². The molecule has 2 aliphatic rings. The lowest BCUT2D eigenvalue weighted by atomic mass is 9.86. The maximum Gasteiger partial charge on any atom is 0.142 e. The minimum Gasteiger partial charge on any atom is -0.495 e. The van der Waals surface area contributed by atoms with Gasteiger partial charge in [-0.25, -0.2) is 0 Å². The predicted molar refractivity (Wildman–Crippen MR) is 103 cm³/mol. The smallest absolute Gasteiger partial charge is 0.142 e. The summed E-state index contributed by atoms with van der Waals surface area (Å²) >= 11 is 12.4. The van der Waals surface area contributed by atoms with Crippen LogP contribution in [0.2, 0.25) is 10.0 Å². The molecule has 0 spiro atoms. The van der Waals surface area contributed by atoms with Crippen LogP contribution in [0, 0.1) is 0 Å². The fraction of sp³-hybridized carbons (Fsp3) is 0.684. The van der Waals surface area contributed by atoms with Gasteiger partial charge < -0.3 is 14.8 Å². The first kappa shape index (κ1) is 19.2. The van der Waals surface area contributed by atoms with Gasteiger partial charge in [-0.15, -0.1) is 0 Å². The van der Waals surface area contributed by atoms with Crippen LogP contribution in [0.3, 0.4) is 0 Å².